The lowest BCUT2D eigenvalue weighted by Crippen LogP contribution is -2.28. The third-order valence-electron chi connectivity index (χ3n) is 3.76. The van der Waals surface area contributed by atoms with Gasteiger partial charge in [-0.1, -0.05) is 53.1 Å². The first-order valence-corrected chi connectivity index (χ1v) is 8.11. The molecule has 1 aromatic rings. The van der Waals surface area contributed by atoms with E-state index in [1.165, 1.54) is 4.68 Å². The van der Waals surface area contributed by atoms with Gasteiger partial charge in [0.15, 0.2) is 0 Å². The summed E-state index contributed by atoms with van der Waals surface area (Å²) >= 11 is 6.19. The van der Waals surface area contributed by atoms with Gasteiger partial charge in [-0.2, -0.15) is 5.10 Å². The summed E-state index contributed by atoms with van der Waals surface area (Å²) in [6.07, 6.45) is 1.66. The maximum atomic E-state index is 12.2. The summed E-state index contributed by atoms with van der Waals surface area (Å²) in [4.78, 5) is 12.2. The van der Waals surface area contributed by atoms with Crippen LogP contribution in [0.5, 0.6) is 0 Å². The summed E-state index contributed by atoms with van der Waals surface area (Å²) in [5, 5.41) is 7.73. The SMILES string of the molecule is CC(C)Cn1ncc(NCC(C(C)C)C(C)C)c(Cl)c1=O. The molecule has 0 aliphatic rings. The number of rotatable bonds is 7. The Morgan fingerprint density at radius 3 is 2.24 bits per heavy atom. The van der Waals surface area contributed by atoms with Gasteiger partial charge in [-0.15, -0.1) is 0 Å². The molecule has 4 nitrogen and oxygen atoms in total. The molecule has 1 heterocycles. The Bertz CT molecular complexity index is 501. The molecule has 0 spiro atoms. The smallest absolute Gasteiger partial charge is 0.287 e. The Balaban J connectivity index is 2.86. The van der Waals surface area contributed by atoms with E-state index in [1.54, 1.807) is 6.20 Å². The van der Waals surface area contributed by atoms with Crippen molar-refractivity contribution in [3.8, 4) is 0 Å². The zero-order chi connectivity index (χ0) is 16.2. The molecular formula is C16H28ClN3O. The Morgan fingerprint density at radius 1 is 1.19 bits per heavy atom. The number of anilines is 1. The third-order valence-corrected chi connectivity index (χ3v) is 4.13. The number of halogens is 1. The summed E-state index contributed by atoms with van der Waals surface area (Å²) in [7, 11) is 0. The highest BCUT2D eigenvalue weighted by Gasteiger charge is 2.18. The van der Waals surface area contributed by atoms with Crippen LogP contribution in [-0.2, 0) is 6.54 Å². The predicted molar refractivity (Wildman–Crippen MR) is 90.0 cm³/mol. The van der Waals surface area contributed by atoms with Crippen molar-refractivity contribution in [1.82, 2.24) is 9.78 Å². The van der Waals surface area contributed by atoms with Crippen LogP contribution in [0, 0.1) is 23.7 Å². The van der Waals surface area contributed by atoms with E-state index in [-0.39, 0.29) is 10.6 Å². The average Bonchev–Trinajstić information content (AvgIpc) is 2.36. The van der Waals surface area contributed by atoms with Crippen LogP contribution in [0.1, 0.15) is 41.5 Å². The fourth-order valence-electron chi connectivity index (χ4n) is 2.53. The van der Waals surface area contributed by atoms with E-state index >= 15 is 0 Å². The first kappa shape index (κ1) is 18.0. The monoisotopic (exact) mass is 313 g/mol. The highest BCUT2D eigenvalue weighted by Crippen LogP contribution is 2.23. The van der Waals surface area contributed by atoms with Crippen molar-refractivity contribution in [1.29, 1.82) is 0 Å². The van der Waals surface area contributed by atoms with Gasteiger partial charge in [-0.05, 0) is 23.7 Å². The van der Waals surface area contributed by atoms with Crippen LogP contribution in [0.3, 0.4) is 0 Å². The Labute approximate surface area is 132 Å². The van der Waals surface area contributed by atoms with E-state index in [4.69, 9.17) is 11.6 Å². The second-order valence-electron chi connectivity index (χ2n) is 6.79. The van der Waals surface area contributed by atoms with Gasteiger partial charge in [0.1, 0.15) is 5.02 Å². The van der Waals surface area contributed by atoms with E-state index < -0.39 is 0 Å². The number of nitrogens with one attached hydrogen (secondary N) is 1. The minimum atomic E-state index is -0.221. The molecule has 0 fully saturated rings. The number of hydrogen-bond acceptors (Lipinski definition) is 3. The van der Waals surface area contributed by atoms with E-state index in [0.29, 0.717) is 35.9 Å². The lowest BCUT2D eigenvalue weighted by molar-refractivity contribution is 0.304. The minimum absolute atomic E-state index is 0.221. The molecule has 0 aliphatic heterocycles. The molecule has 0 atom stereocenters. The molecule has 0 radical (unpaired) electrons. The molecule has 0 amide bonds. The average molecular weight is 314 g/mol. The highest BCUT2D eigenvalue weighted by atomic mass is 35.5. The van der Waals surface area contributed by atoms with Gasteiger partial charge in [0.25, 0.3) is 5.56 Å². The first-order chi connectivity index (χ1) is 9.73. The molecule has 0 aliphatic carbocycles. The second-order valence-corrected chi connectivity index (χ2v) is 7.16. The first-order valence-electron chi connectivity index (χ1n) is 7.73. The van der Waals surface area contributed by atoms with Gasteiger partial charge in [-0.25, -0.2) is 4.68 Å². The number of aromatic nitrogens is 2. The summed E-state index contributed by atoms with van der Waals surface area (Å²) < 4.78 is 1.43. The lowest BCUT2D eigenvalue weighted by atomic mass is 9.85. The quantitative estimate of drug-likeness (QED) is 0.830. The van der Waals surface area contributed by atoms with Gasteiger partial charge in [0.05, 0.1) is 11.9 Å². The van der Waals surface area contributed by atoms with Gasteiger partial charge in [-0.3, -0.25) is 4.79 Å². The van der Waals surface area contributed by atoms with Crippen LogP contribution in [0.2, 0.25) is 5.02 Å². The molecule has 1 N–H and O–H groups in total. The molecule has 5 heteroatoms. The van der Waals surface area contributed by atoms with Crippen LogP contribution in [-0.4, -0.2) is 16.3 Å². The number of nitrogens with zero attached hydrogens (tertiary/aromatic N) is 2. The van der Waals surface area contributed by atoms with Gasteiger partial charge in [0.2, 0.25) is 0 Å². The Hall–Kier alpha value is -1.03. The summed E-state index contributed by atoms with van der Waals surface area (Å²) in [6, 6.07) is 0. The van der Waals surface area contributed by atoms with Crippen molar-refractivity contribution in [3.05, 3.63) is 21.6 Å². The second kappa shape index (κ2) is 7.83. The molecule has 21 heavy (non-hydrogen) atoms. The largest absolute Gasteiger partial charge is 0.382 e. The van der Waals surface area contributed by atoms with Crippen LogP contribution in [0.4, 0.5) is 5.69 Å². The molecule has 0 aromatic carbocycles. The van der Waals surface area contributed by atoms with Crippen molar-refractivity contribution in [2.45, 2.75) is 48.1 Å². The zero-order valence-corrected chi connectivity index (χ0v) is 14.7. The highest BCUT2D eigenvalue weighted by molar-refractivity contribution is 6.32. The molecular weight excluding hydrogens is 286 g/mol. The summed E-state index contributed by atoms with van der Waals surface area (Å²) in [5.41, 5.74) is 0.411. The minimum Gasteiger partial charge on any atom is -0.382 e. The Kier molecular flexibility index (Phi) is 6.72. The molecule has 0 unspecified atom stereocenters. The normalized spacial score (nSPS) is 12.0. The van der Waals surface area contributed by atoms with Crippen molar-refractivity contribution < 1.29 is 0 Å². The van der Waals surface area contributed by atoms with Crippen LogP contribution in [0.15, 0.2) is 11.0 Å². The molecule has 1 aromatic heterocycles. The molecule has 0 saturated carbocycles. The molecule has 0 saturated heterocycles. The molecule has 120 valence electrons. The molecule has 1 rings (SSSR count). The van der Waals surface area contributed by atoms with Crippen LogP contribution >= 0.6 is 11.6 Å². The fourth-order valence-corrected chi connectivity index (χ4v) is 2.75. The van der Waals surface area contributed by atoms with Crippen molar-refractivity contribution in [3.63, 3.8) is 0 Å². The van der Waals surface area contributed by atoms with E-state index in [0.717, 1.165) is 6.54 Å². The van der Waals surface area contributed by atoms with Crippen LogP contribution < -0.4 is 10.9 Å². The van der Waals surface area contributed by atoms with E-state index in [9.17, 15) is 4.79 Å². The third kappa shape index (κ3) is 5.03. The van der Waals surface area contributed by atoms with Gasteiger partial charge in [0, 0.05) is 13.1 Å². The summed E-state index contributed by atoms with van der Waals surface area (Å²) in [6.45, 7) is 14.3. The van der Waals surface area contributed by atoms with Gasteiger partial charge >= 0.3 is 0 Å². The molecule has 0 bridgehead atoms. The van der Waals surface area contributed by atoms with Crippen molar-refractivity contribution in [2.24, 2.45) is 23.7 Å². The topological polar surface area (TPSA) is 46.9 Å². The summed E-state index contributed by atoms with van der Waals surface area (Å²) in [5.74, 6) is 2.03. The van der Waals surface area contributed by atoms with E-state index in [2.05, 4.69) is 38.1 Å². The van der Waals surface area contributed by atoms with E-state index in [1.807, 2.05) is 13.8 Å². The van der Waals surface area contributed by atoms with Crippen LogP contribution in [0.25, 0.3) is 0 Å². The maximum Gasteiger partial charge on any atom is 0.287 e. The number of hydrogen-bond donors (Lipinski definition) is 1. The van der Waals surface area contributed by atoms with Crippen molar-refractivity contribution in [2.75, 3.05) is 11.9 Å². The lowest BCUT2D eigenvalue weighted by Gasteiger charge is -2.25. The standard InChI is InChI=1S/C16H28ClN3O/c1-10(2)9-20-16(21)15(17)14(8-19-20)18-7-13(11(3)4)12(5)6/h8,10-13,18H,7,9H2,1-6H3. The predicted octanol–water partition coefficient (Wildman–Crippen LogP) is 3.89. The Morgan fingerprint density at radius 2 is 1.76 bits per heavy atom. The zero-order valence-electron chi connectivity index (χ0n) is 14.0. The maximum absolute atomic E-state index is 12.2. The fraction of sp³-hybridized carbons (Fsp3) is 0.750. The van der Waals surface area contributed by atoms with Gasteiger partial charge < -0.3 is 5.32 Å². The van der Waals surface area contributed by atoms with Crippen molar-refractivity contribution >= 4 is 17.3 Å².